The number of pyridine rings is 1. The number of anilines is 1. The van der Waals surface area contributed by atoms with Gasteiger partial charge in [-0.05, 0) is 24.3 Å². The maximum Gasteiger partial charge on any atom is 0.181 e. The lowest BCUT2D eigenvalue weighted by atomic mass is 10.1. The van der Waals surface area contributed by atoms with E-state index in [1.54, 1.807) is 10.9 Å². The lowest BCUT2D eigenvalue weighted by Gasteiger charge is -2.02. The van der Waals surface area contributed by atoms with Crippen LogP contribution in [-0.2, 0) is 7.05 Å². The zero-order valence-corrected chi connectivity index (χ0v) is 12.6. The van der Waals surface area contributed by atoms with E-state index >= 15 is 0 Å². The van der Waals surface area contributed by atoms with Crippen molar-refractivity contribution in [1.82, 2.24) is 25.0 Å². The van der Waals surface area contributed by atoms with E-state index in [0.29, 0.717) is 5.13 Å². The van der Waals surface area contributed by atoms with Gasteiger partial charge in [-0.3, -0.25) is 4.98 Å². The predicted molar refractivity (Wildman–Crippen MR) is 87.3 cm³/mol. The molecule has 0 spiro atoms. The van der Waals surface area contributed by atoms with Crippen molar-refractivity contribution in [3.05, 3.63) is 42.6 Å². The van der Waals surface area contributed by atoms with E-state index < -0.39 is 0 Å². The van der Waals surface area contributed by atoms with E-state index in [1.165, 1.54) is 11.3 Å². The first-order valence-corrected chi connectivity index (χ1v) is 7.51. The summed E-state index contributed by atoms with van der Waals surface area (Å²) in [7, 11) is 1.87. The van der Waals surface area contributed by atoms with Crippen molar-refractivity contribution >= 4 is 27.5 Å². The summed E-state index contributed by atoms with van der Waals surface area (Å²) in [6.07, 6.45) is 1.77. The first kappa shape index (κ1) is 12.9. The molecule has 108 valence electrons. The summed E-state index contributed by atoms with van der Waals surface area (Å²) in [5.74, 6) is 0. The molecule has 3 aromatic heterocycles. The van der Waals surface area contributed by atoms with Crippen LogP contribution in [0.15, 0.2) is 42.6 Å². The van der Waals surface area contributed by atoms with Crippen LogP contribution in [0, 0.1) is 0 Å². The summed E-state index contributed by atoms with van der Waals surface area (Å²) in [4.78, 5) is 9.85. The number of fused-ring (bicyclic) bond motifs is 1. The molecule has 0 bridgehead atoms. The van der Waals surface area contributed by atoms with E-state index in [0.717, 1.165) is 32.9 Å². The minimum Gasteiger partial charge on any atom is -0.375 e. The van der Waals surface area contributed by atoms with Gasteiger partial charge in [-0.25, -0.2) is 9.67 Å². The fraction of sp³-hybridized carbons (Fsp3) is 0.0667. The summed E-state index contributed by atoms with van der Waals surface area (Å²) in [6.45, 7) is 0. The molecule has 0 amide bonds. The van der Waals surface area contributed by atoms with Crippen LogP contribution in [0.3, 0.4) is 0 Å². The Kier molecular flexibility index (Phi) is 2.87. The van der Waals surface area contributed by atoms with Crippen molar-refractivity contribution in [2.24, 2.45) is 7.05 Å². The molecule has 0 aliphatic heterocycles. The van der Waals surface area contributed by atoms with Gasteiger partial charge in [0.1, 0.15) is 5.52 Å². The average Bonchev–Trinajstić information content (AvgIpc) is 3.11. The van der Waals surface area contributed by atoms with Crippen molar-refractivity contribution in [3.63, 3.8) is 0 Å². The topological polar surface area (TPSA) is 82.5 Å². The monoisotopic (exact) mass is 308 g/mol. The molecule has 0 aliphatic carbocycles. The summed E-state index contributed by atoms with van der Waals surface area (Å²) < 4.78 is 1.75. The van der Waals surface area contributed by atoms with E-state index in [1.807, 2.05) is 43.4 Å². The van der Waals surface area contributed by atoms with Crippen molar-refractivity contribution in [3.8, 4) is 21.8 Å². The molecule has 3 heterocycles. The van der Waals surface area contributed by atoms with Crippen molar-refractivity contribution in [1.29, 1.82) is 0 Å². The first-order valence-electron chi connectivity index (χ1n) is 6.70. The molecule has 7 heteroatoms. The molecule has 0 saturated heterocycles. The lowest BCUT2D eigenvalue weighted by Crippen LogP contribution is -1.90. The summed E-state index contributed by atoms with van der Waals surface area (Å²) in [6, 6.07) is 11.8. The van der Waals surface area contributed by atoms with E-state index in [2.05, 4.69) is 20.3 Å². The van der Waals surface area contributed by atoms with Gasteiger partial charge >= 0.3 is 0 Å². The maximum absolute atomic E-state index is 5.93. The second-order valence-corrected chi connectivity index (χ2v) is 5.89. The maximum atomic E-state index is 5.93. The molecule has 2 N–H and O–H groups in total. The number of hydrogen-bond donors (Lipinski definition) is 1. The molecular formula is C15H12N6S. The highest BCUT2D eigenvalue weighted by atomic mass is 32.1. The van der Waals surface area contributed by atoms with Crippen LogP contribution in [0.5, 0.6) is 0 Å². The number of nitrogen functional groups attached to an aromatic ring is 1. The third-order valence-electron chi connectivity index (χ3n) is 3.43. The van der Waals surface area contributed by atoms with Gasteiger partial charge in [-0.15, -0.1) is 5.10 Å². The highest BCUT2D eigenvalue weighted by molar-refractivity contribution is 7.19. The van der Waals surface area contributed by atoms with Gasteiger partial charge in [0, 0.05) is 18.8 Å². The Hall–Kier alpha value is -2.80. The van der Waals surface area contributed by atoms with Crippen molar-refractivity contribution in [2.75, 3.05) is 5.73 Å². The van der Waals surface area contributed by atoms with Crippen LogP contribution in [0.4, 0.5) is 5.13 Å². The van der Waals surface area contributed by atoms with Crippen LogP contribution in [-0.4, -0.2) is 25.0 Å². The van der Waals surface area contributed by atoms with Crippen LogP contribution in [0.2, 0.25) is 0 Å². The third kappa shape index (κ3) is 2.03. The Morgan fingerprint density at radius 1 is 1.18 bits per heavy atom. The quantitative estimate of drug-likeness (QED) is 0.615. The Bertz CT molecular complexity index is 957. The third-order valence-corrected chi connectivity index (χ3v) is 4.33. The lowest BCUT2D eigenvalue weighted by molar-refractivity contribution is 0.736. The molecule has 1 aromatic carbocycles. The minimum atomic E-state index is 0.527. The zero-order valence-electron chi connectivity index (χ0n) is 11.8. The van der Waals surface area contributed by atoms with Crippen molar-refractivity contribution < 1.29 is 0 Å². The van der Waals surface area contributed by atoms with Gasteiger partial charge in [0.15, 0.2) is 5.13 Å². The minimum absolute atomic E-state index is 0.527. The highest BCUT2D eigenvalue weighted by Gasteiger charge is 2.15. The average molecular weight is 308 g/mol. The van der Waals surface area contributed by atoms with Gasteiger partial charge in [0.05, 0.1) is 21.8 Å². The fourth-order valence-electron chi connectivity index (χ4n) is 2.38. The van der Waals surface area contributed by atoms with Crippen LogP contribution in [0.25, 0.3) is 32.9 Å². The number of hydrogen-bond acceptors (Lipinski definition) is 6. The smallest absolute Gasteiger partial charge is 0.181 e. The largest absolute Gasteiger partial charge is 0.375 e. The predicted octanol–water partition coefficient (Wildman–Crippen LogP) is 2.74. The fourth-order valence-corrected chi connectivity index (χ4v) is 3.21. The van der Waals surface area contributed by atoms with Crippen LogP contribution in [0.1, 0.15) is 0 Å². The van der Waals surface area contributed by atoms with E-state index in [4.69, 9.17) is 5.73 Å². The number of aromatic nitrogens is 5. The molecule has 6 nitrogen and oxygen atoms in total. The Balaban J connectivity index is 1.93. The Labute approximate surface area is 130 Å². The van der Waals surface area contributed by atoms with Gasteiger partial charge in [0.25, 0.3) is 0 Å². The van der Waals surface area contributed by atoms with Gasteiger partial charge < -0.3 is 5.73 Å². The van der Waals surface area contributed by atoms with Gasteiger partial charge in [-0.2, -0.15) is 0 Å². The van der Waals surface area contributed by atoms with Crippen LogP contribution >= 0.6 is 11.3 Å². The number of benzene rings is 1. The molecule has 0 aliphatic rings. The number of aryl methyl sites for hydroxylation is 1. The Morgan fingerprint density at radius 3 is 2.91 bits per heavy atom. The number of thiazole rings is 1. The molecule has 0 atom stereocenters. The molecule has 4 rings (SSSR count). The molecular weight excluding hydrogens is 296 g/mol. The second-order valence-electron chi connectivity index (χ2n) is 4.86. The van der Waals surface area contributed by atoms with Gasteiger partial charge in [-0.1, -0.05) is 28.7 Å². The van der Waals surface area contributed by atoms with Gasteiger partial charge in [0.2, 0.25) is 0 Å². The zero-order chi connectivity index (χ0) is 15.1. The molecule has 0 fully saturated rings. The van der Waals surface area contributed by atoms with E-state index in [9.17, 15) is 0 Å². The molecule has 22 heavy (non-hydrogen) atoms. The number of rotatable bonds is 2. The SMILES string of the molecule is Cn1nnc2ccc(-c3nc(N)sc3-c3ccccn3)cc21. The van der Waals surface area contributed by atoms with E-state index in [-0.39, 0.29) is 0 Å². The first-order chi connectivity index (χ1) is 10.7. The summed E-state index contributed by atoms with van der Waals surface area (Å²) in [5, 5.41) is 8.65. The second kappa shape index (κ2) is 4.88. The Morgan fingerprint density at radius 2 is 2.09 bits per heavy atom. The number of nitrogens with zero attached hydrogens (tertiary/aromatic N) is 5. The molecule has 0 saturated carbocycles. The molecule has 0 radical (unpaired) electrons. The highest BCUT2D eigenvalue weighted by Crippen LogP contribution is 2.37. The molecule has 4 aromatic rings. The molecule has 0 unspecified atom stereocenters. The standard InChI is InChI=1S/C15H12N6S/c1-21-12-8-9(5-6-10(12)19-20-21)13-14(22-15(16)18-13)11-4-2-3-7-17-11/h2-8H,1H3,(H2,16,18). The van der Waals surface area contributed by atoms with Crippen LogP contribution < -0.4 is 5.73 Å². The normalized spacial score (nSPS) is 11.1. The van der Waals surface area contributed by atoms with Crippen molar-refractivity contribution in [2.45, 2.75) is 0 Å². The summed E-state index contributed by atoms with van der Waals surface area (Å²) in [5.41, 5.74) is 10.4. The summed E-state index contributed by atoms with van der Waals surface area (Å²) >= 11 is 1.44. The number of nitrogens with two attached hydrogens (primary N) is 1.